The van der Waals surface area contributed by atoms with E-state index in [1.165, 1.54) is 0 Å². The molecule has 1 saturated heterocycles. The van der Waals surface area contributed by atoms with Gasteiger partial charge in [-0.3, -0.25) is 0 Å². The largest absolute Gasteiger partial charge is 0.384 e. The van der Waals surface area contributed by atoms with Crippen LogP contribution in [0.4, 0.5) is 4.79 Å². The first kappa shape index (κ1) is 15.6. The molecule has 2 aliphatic rings. The molecule has 3 rings (SSSR count). The van der Waals surface area contributed by atoms with Gasteiger partial charge < -0.3 is 20.1 Å². The minimum atomic E-state index is -0.147. The van der Waals surface area contributed by atoms with Gasteiger partial charge in [0, 0.05) is 43.2 Å². The van der Waals surface area contributed by atoms with E-state index in [9.17, 15) is 4.79 Å². The summed E-state index contributed by atoms with van der Waals surface area (Å²) in [6, 6.07) is 7.43. The van der Waals surface area contributed by atoms with Gasteiger partial charge in [-0.15, -0.1) is 0 Å². The van der Waals surface area contributed by atoms with E-state index in [0.29, 0.717) is 24.1 Å². The van der Waals surface area contributed by atoms with Crippen LogP contribution in [0.2, 0.25) is 5.02 Å². The van der Waals surface area contributed by atoms with E-state index in [0.717, 1.165) is 18.6 Å². The van der Waals surface area contributed by atoms with Crippen LogP contribution in [-0.4, -0.2) is 38.5 Å². The molecule has 0 spiro atoms. The van der Waals surface area contributed by atoms with Crippen molar-refractivity contribution >= 4 is 17.6 Å². The molecule has 2 fully saturated rings. The summed E-state index contributed by atoms with van der Waals surface area (Å²) in [5, 5.41) is 6.65. The van der Waals surface area contributed by atoms with Crippen LogP contribution in [0.5, 0.6) is 0 Å². The van der Waals surface area contributed by atoms with Gasteiger partial charge in [-0.25, -0.2) is 4.79 Å². The van der Waals surface area contributed by atoms with E-state index in [4.69, 9.17) is 21.1 Å². The lowest BCUT2D eigenvalue weighted by Crippen LogP contribution is -2.63. The Balaban J connectivity index is 1.49. The normalized spacial score (nSPS) is 29.5. The fraction of sp³-hybridized carbons (Fsp3) is 0.562. The van der Waals surface area contributed by atoms with E-state index in [1.807, 2.05) is 24.3 Å². The number of methoxy groups -OCH3 is 1. The van der Waals surface area contributed by atoms with Crippen LogP contribution < -0.4 is 10.6 Å². The van der Waals surface area contributed by atoms with Crippen molar-refractivity contribution in [3.05, 3.63) is 34.9 Å². The summed E-state index contributed by atoms with van der Waals surface area (Å²) in [6.07, 6.45) is 1.24. The van der Waals surface area contributed by atoms with Gasteiger partial charge in [0.1, 0.15) is 0 Å². The molecule has 1 heterocycles. The monoisotopic (exact) mass is 324 g/mol. The number of carbonyl (C=O) groups is 1. The van der Waals surface area contributed by atoms with E-state index in [1.54, 1.807) is 7.11 Å². The molecule has 0 unspecified atom stereocenters. The van der Waals surface area contributed by atoms with Crippen molar-refractivity contribution in [3.63, 3.8) is 0 Å². The molecule has 5 nitrogen and oxygen atoms in total. The Morgan fingerprint density at radius 3 is 2.91 bits per heavy atom. The SMILES string of the molecule is COC[C@H]1[C@@H](NC(=O)NCc2ccc(Cl)cc2)[C@H]2CCO[C@H]21. The second kappa shape index (κ2) is 6.86. The Labute approximate surface area is 135 Å². The Morgan fingerprint density at radius 1 is 1.41 bits per heavy atom. The van der Waals surface area contributed by atoms with Gasteiger partial charge in [-0.2, -0.15) is 0 Å². The first-order chi connectivity index (χ1) is 10.7. The molecule has 1 aromatic rings. The Morgan fingerprint density at radius 2 is 2.18 bits per heavy atom. The van der Waals surface area contributed by atoms with Gasteiger partial charge in [0.15, 0.2) is 0 Å². The van der Waals surface area contributed by atoms with Crippen molar-refractivity contribution in [1.82, 2.24) is 10.6 Å². The molecule has 2 amide bonds. The van der Waals surface area contributed by atoms with Crippen LogP contribution in [0.15, 0.2) is 24.3 Å². The van der Waals surface area contributed by atoms with Crippen molar-refractivity contribution < 1.29 is 14.3 Å². The third-order valence-corrected chi connectivity index (χ3v) is 4.80. The predicted molar refractivity (Wildman–Crippen MR) is 83.8 cm³/mol. The van der Waals surface area contributed by atoms with Crippen molar-refractivity contribution in [1.29, 1.82) is 0 Å². The molecule has 1 aliphatic heterocycles. The van der Waals surface area contributed by atoms with Crippen molar-refractivity contribution in [2.45, 2.75) is 25.1 Å². The summed E-state index contributed by atoms with van der Waals surface area (Å²) >= 11 is 5.84. The maximum Gasteiger partial charge on any atom is 0.315 e. The van der Waals surface area contributed by atoms with Crippen molar-refractivity contribution in [3.8, 4) is 0 Å². The molecule has 0 bridgehead atoms. The number of hydrogen-bond donors (Lipinski definition) is 2. The fourth-order valence-electron chi connectivity index (χ4n) is 3.42. The number of halogens is 1. The molecule has 4 atom stereocenters. The van der Waals surface area contributed by atoms with Crippen molar-refractivity contribution in [2.24, 2.45) is 11.8 Å². The highest BCUT2D eigenvalue weighted by molar-refractivity contribution is 6.30. The summed E-state index contributed by atoms with van der Waals surface area (Å²) in [6.45, 7) is 1.87. The van der Waals surface area contributed by atoms with E-state index in [2.05, 4.69) is 10.6 Å². The molecule has 0 aromatic heterocycles. The third kappa shape index (κ3) is 3.21. The zero-order valence-electron chi connectivity index (χ0n) is 12.5. The van der Waals surface area contributed by atoms with Gasteiger partial charge in [-0.05, 0) is 24.1 Å². The Kier molecular flexibility index (Phi) is 4.86. The minimum Gasteiger partial charge on any atom is -0.384 e. The molecule has 1 saturated carbocycles. The van der Waals surface area contributed by atoms with E-state index < -0.39 is 0 Å². The molecule has 2 N–H and O–H groups in total. The number of amides is 2. The molecular weight excluding hydrogens is 304 g/mol. The molecule has 1 aromatic carbocycles. The van der Waals surface area contributed by atoms with Crippen LogP contribution in [0, 0.1) is 11.8 Å². The average molecular weight is 325 g/mol. The molecule has 1 aliphatic carbocycles. The lowest BCUT2D eigenvalue weighted by atomic mass is 9.67. The first-order valence-electron chi connectivity index (χ1n) is 7.58. The number of nitrogens with one attached hydrogen (secondary N) is 2. The Hall–Kier alpha value is -1.30. The standard InChI is InChI=1S/C16H21ClN2O3/c1-21-9-13-14(12-6-7-22-15(12)13)19-16(20)18-8-10-2-4-11(17)5-3-10/h2-5,12-15H,6-9H2,1H3,(H2,18,19,20)/t12-,13+,14+,15-/m1/s1. The van der Waals surface area contributed by atoms with Gasteiger partial charge in [-0.1, -0.05) is 23.7 Å². The number of urea groups is 1. The van der Waals surface area contributed by atoms with E-state index in [-0.39, 0.29) is 24.1 Å². The van der Waals surface area contributed by atoms with Gasteiger partial charge in [0.2, 0.25) is 0 Å². The van der Waals surface area contributed by atoms with Crippen LogP contribution >= 0.6 is 11.6 Å². The highest BCUT2D eigenvalue weighted by Gasteiger charge is 2.54. The lowest BCUT2D eigenvalue weighted by molar-refractivity contribution is -0.0802. The number of hydrogen-bond acceptors (Lipinski definition) is 3. The summed E-state index contributed by atoms with van der Waals surface area (Å²) in [7, 11) is 1.68. The summed E-state index contributed by atoms with van der Waals surface area (Å²) in [5.41, 5.74) is 1.02. The zero-order valence-corrected chi connectivity index (χ0v) is 13.3. The summed E-state index contributed by atoms with van der Waals surface area (Å²) < 4.78 is 10.9. The number of ether oxygens (including phenoxy) is 2. The third-order valence-electron chi connectivity index (χ3n) is 4.55. The zero-order chi connectivity index (χ0) is 15.5. The van der Waals surface area contributed by atoms with Crippen LogP contribution in [0.1, 0.15) is 12.0 Å². The van der Waals surface area contributed by atoms with Gasteiger partial charge in [0.05, 0.1) is 12.7 Å². The summed E-state index contributed by atoms with van der Waals surface area (Å²) in [4.78, 5) is 12.1. The van der Waals surface area contributed by atoms with Crippen LogP contribution in [-0.2, 0) is 16.0 Å². The number of rotatable bonds is 5. The van der Waals surface area contributed by atoms with Gasteiger partial charge >= 0.3 is 6.03 Å². The number of carbonyl (C=O) groups excluding carboxylic acids is 1. The fourth-order valence-corrected chi connectivity index (χ4v) is 3.55. The molecule has 120 valence electrons. The smallest absolute Gasteiger partial charge is 0.315 e. The lowest BCUT2D eigenvalue weighted by Gasteiger charge is -2.47. The highest BCUT2D eigenvalue weighted by Crippen LogP contribution is 2.43. The second-order valence-corrected chi connectivity index (χ2v) is 6.32. The molecule has 0 radical (unpaired) electrons. The molecule has 22 heavy (non-hydrogen) atoms. The minimum absolute atomic E-state index is 0.137. The first-order valence-corrected chi connectivity index (χ1v) is 7.96. The summed E-state index contributed by atoms with van der Waals surface area (Å²) in [5.74, 6) is 0.667. The topological polar surface area (TPSA) is 59.6 Å². The van der Waals surface area contributed by atoms with Crippen LogP contribution in [0.3, 0.4) is 0 Å². The maximum atomic E-state index is 12.1. The van der Waals surface area contributed by atoms with E-state index >= 15 is 0 Å². The highest BCUT2D eigenvalue weighted by atomic mass is 35.5. The predicted octanol–water partition coefficient (Wildman–Crippen LogP) is 2.19. The number of fused-ring (bicyclic) bond motifs is 1. The number of benzene rings is 1. The quantitative estimate of drug-likeness (QED) is 0.873. The maximum absolute atomic E-state index is 12.1. The van der Waals surface area contributed by atoms with Crippen molar-refractivity contribution in [2.75, 3.05) is 20.3 Å². The molecule has 6 heteroatoms. The van der Waals surface area contributed by atoms with Gasteiger partial charge in [0.25, 0.3) is 0 Å². The second-order valence-electron chi connectivity index (χ2n) is 5.89. The van der Waals surface area contributed by atoms with Crippen LogP contribution in [0.25, 0.3) is 0 Å². The molecular formula is C16H21ClN2O3. The average Bonchev–Trinajstić information content (AvgIpc) is 2.94. The Bertz CT molecular complexity index is 523.